The minimum absolute atomic E-state index is 0.0917. The summed E-state index contributed by atoms with van der Waals surface area (Å²) in [5, 5.41) is 0. The second-order valence-corrected chi connectivity index (χ2v) is 7.69. The molecule has 0 unspecified atom stereocenters. The first-order valence-electron chi connectivity index (χ1n) is 7.42. The van der Waals surface area contributed by atoms with Crippen LogP contribution in [0.25, 0.3) is 0 Å². The molecule has 2 rings (SSSR count). The Morgan fingerprint density at radius 2 is 1.92 bits per heavy atom. The molecule has 0 atom stereocenters. The summed E-state index contributed by atoms with van der Waals surface area (Å²) in [5.41, 5.74) is 1.37. The van der Waals surface area contributed by atoms with Crippen molar-refractivity contribution in [3.63, 3.8) is 0 Å². The molecule has 2 aromatic rings. The smallest absolute Gasteiger partial charge is 0.338 e. The number of carbonyl (C=O) groups excluding carboxylic acids is 1. The van der Waals surface area contributed by atoms with E-state index in [4.69, 9.17) is 9.47 Å². The van der Waals surface area contributed by atoms with E-state index in [1.54, 1.807) is 26.0 Å². The molecule has 0 fully saturated rings. The lowest BCUT2D eigenvalue weighted by Crippen LogP contribution is -2.14. The predicted octanol–water partition coefficient (Wildman–Crippen LogP) is 3.74. The maximum absolute atomic E-state index is 12.6. The number of hydrogen-bond acceptors (Lipinski definition) is 5. The van der Waals surface area contributed by atoms with Crippen molar-refractivity contribution in [2.24, 2.45) is 0 Å². The van der Waals surface area contributed by atoms with Crippen molar-refractivity contribution >= 4 is 37.6 Å². The lowest BCUT2D eigenvalue weighted by molar-refractivity contribution is 0.0526. The summed E-state index contributed by atoms with van der Waals surface area (Å²) in [5.74, 6) is 0.0908. The van der Waals surface area contributed by atoms with Crippen LogP contribution in [0.1, 0.15) is 22.8 Å². The van der Waals surface area contributed by atoms with Crippen LogP contribution in [0.5, 0.6) is 5.75 Å². The average molecular weight is 428 g/mol. The highest BCUT2D eigenvalue weighted by atomic mass is 79.9. The lowest BCUT2D eigenvalue weighted by atomic mass is 10.1. The maximum atomic E-state index is 12.6. The van der Waals surface area contributed by atoms with Gasteiger partial charge in [-0.2, -0.15) is 0 Å². The molecule has 0 aliphatic heterocycles. The fourth-order valence-corrected chi connectivity index (χ4v) is 3.99. The third-order valence-electron chi connectivity index (χ3n) is 3.42. The predicted molar refractivity (Wildman–Crippen MR) is 98.6 cm³/mol. The number of ether oxygens (including phenoxy) is 2. The number of carbonyl (C=O) groups is 1. The molecule has 1 N–H and O–H groups in total. The van der Waals surface area contributed by atoms with Gasteiger partial charge in [0, 0.05) is 0 Å². The summed E-state index contributed by atoms with van der Waals surface area (Å²) >= 11 is 3.27. The number of aryl methyl sites for hydroxylation is 1. The van der Waals surface area contributed by atoms with Crippen molar-refractivity contribution in [2.75, 3.05) is 18.4 Å². The minimum Gasteiger partial charge on any atom is -0.496 e. The molecule has 8 heteroatoms. The van der Waals surface area contributed by atoms with E-state index < -0.39 is 16.0 Å². The van der Waals surface area contributed by atoms with E-state index in [9.17, 15) is 13.2 Å². The summed E-state index contributed by atoms with van der Waals surface area (Å²) in [6, 6.07) is 9.12. The Morgan fingerprint density at radius 1 is 1.20 bits per heavy atom. The molecule has 0 heterocycles. The van der Waals surface area contributed by atoms with E-state index >= 15 is 0 Å². The molecule has 0 amide bonds. The van der Waals surface area contributed by atoms with Crippen molar-refractivity contribution in [1.82, 2.24) is 0 Å². The van der Waals surface area contributed by atoms with Crippen LogP contribution in [0.2, 0.25) is 0 Å². The zero-order chi connectivity index (χ0) is 18.6. The normalized spacial score (nSPS) is 11.0. The quantitative estimate of drug-likeness (QED) is 0.709. The van der Waals surface area contributed by atoms with Gasteiger partial charge in [0.15, 0.2) is 0 Å². The highest BCUT2D eigenvalue weighted by Gasteiger charge is 2.18. The summed E-state index contributed by atoms with van der Waals surface area (Å²) in [6.45, 7) is 3.71. The number of nitrogens with one attached hydrogen (secondary N) is 1. The molecule has 0 radical (unpaired) electrons. The largest absolute Gasteiger partial charge is 0.496 e. The van der Waals surface area contributed by atoms with E-state index in [0.717, 1.165) is 0 Å². The average Bonchev–Trinajstić information content (AvgIpc) is 2.56. The van der Waals surface area contributed by atoms with Crippen LogP contribution in [0.15, 0.2) is 45.8 Å². The van der Waals surface area contributed by atoms with Gasteiger partial charge in [0.25, 0.3) is 10.0 Å². The van der Waals surface area contributed by atoms with Crippen molar-refractivity contribution < 1.29 is 22.7 Å². The van der Waals surface area contributed by atoms with Crippen LogP contribution in [0.3, 0.4) is 0 Å². The zero-order valence-corrected chi connectivity index (χ0v) is 16.4. The first-order valence-corrected chi connectivity index (χ1v) is 9.70. The third kappa shape index (κ3) is 4.52. The third-order valence-corrected chi connectivity index (χ3v) is 5.40. The number of hydrogen-bond donors (Lipinski definition) is 1. The summed E-state index contributed by atoms with van der Waals surface area (Å²) in [4.78, 5) is 11.8. The Labute approximate surface area is 155 Å². The molecule has 0 saturated carbocycles. The highest BCUT2D eigenvalue weighted by molar-refractivity contribution is 9.10. The van der Waals surface area contributed by atoms with Gasteiger partial charge in [-0.15, -0.1) is 0 Å². The first kappa shape index (κ1) is 19.3. The van der Waals surface area contributed by atoms with Crippen molar-refractivity contribution in [3.8, 4) is 5.75 Å². The highest BCUT2D eigenvalue weighted by Crippen LogP contribution is 2.29. The molecular formula is C17H18BrNO5S. The van der Waals surface area contributed by atoms with Gasteiger partial charge in [0.05, 0.1) is 34.3 Å². The van der Waals surface area contributed by atoms with Crippen LogP contribution >= 0.6 is 15.9 Å². The Kier molecular flexibility index (Phi) is 6.07. The van der Waals surface area contributed by atoms with Crippen LogP contribution in [0, 0.1) is 6.92 Å². The van der Waals surface area contributed by atoms with E-state index in [1.165, 1.54) is 31.4 Å². The van der Waals surface area contributed by atoms with Crippen molar-refractivity contribution in [2.45, 2.75) is 18.7 Å². The standard InChI is InChI=1S/C17H18BrNO5S/c1-4-24-17(20)12-5-7-15(11(2)9-12)19-25(21,22)13-6-8-16(23-3)14(18)10-13/h5-10,19H,4H2,1-3H3. The van der Waals surface area contributed by atoms with Crippen LogP contribution in [-0.2, 0) is 14.8 Å². The van der Waals surface area contributed by atoms with Gasteiger partial charge in [-0.05, 0) is 71.7 Å². The summed E-state index contributed by atoms with van der Waals surface area (Å²) < 4.78 is 38.2. The van der Waals surface area contributed by atoms with E-state index in [1.807, 2.05) is 0 Å². The molecule has 0 bridgehead atoms. The Balaban J connectivity index is 2.29. The van der Waals surface area contributed by atoms with Crippen molar-refractivity contribution in [3.05, 3.63) is 52.0 Å². The number of halogens is 1. The molecule has 0 aliphatic carbocycles. The van der Waals surface area contributed by atoms with Crippen LogP contribution < -0.4 is 9.46 Å². The van der Waals surface area contributed by atoms with Gasteiger partial charge in [0.2, 0.25) is 0 Å². The number of sulfonamides is 1. The van der Waals surface area contributed by atoms with Crippen molar-refractivity contribution in [1.29, 1.82) is 0 Å². The van der Waals surface area contributed by atoms with Crippen LogP contribution in [-0.4, -0.2) is 28.1 Å². The Bertz CT molecular complexity index is 896. The Hall–Kier alpha value is -2.06. The Morgan fingerprint density at radius 3 is 2.48 bits per heavy atom. The number of benzene rings is 2. The fraction of sp³-hybridized carbons (Fsp3) is 0.235. The molecule has 134 valence electrons. The second-order valence-electron chi connectivity index (χ2n) is 5.15. The molecule has 2 aromatic carbocycles. The zero-order valence-electron chi connectivity index (χ0n) is 14.0. The first-order chi connectivity index (χ1) is 11.8. The maximum Gasteiger partial charge on any atom is 0.338 e. The molecule has 6 nitrogen and oxygen atoms in total. The summed E-state index contributed by atoms with van der Waals surface area (Å²) in [7, 11) is -2.28. The van der Waals surface area contributed by atoms with Gasteiger partial charge in [-0.1, -0.05) is 0 Å². The molecule has 0 spiro atoms. The monoisotopic (exact) mass is 427 g/mol. The van der Waals surface area contributed by atoms with E-state index in [2.05, 4.69) is 20.7 Å². The van der Waals surface area contributed by atoms with E-state index in [-0.39, 0.29) is 11.5 Å². The molecule has 0 aliphatic rings. The van der Waals surface area contributed by atoms with Gasteiger partial charge >= 0.3 is 5.97 Å². The fourth-order valence-electron chi connectivity index (χ4n) is 2.14. The van der Waals surface area contributed by atoms with Gasteiger partial charge in [-0.3, -0.25) is 4.72 Å². The van der Waals surface area contributed by atoms with Gasteiger partial charge < -0.3 is 9.47 Å². The second kappa shape index (κ2) is 7.88. The van der Waals surface area contributed by atoms with Gasteiger partial charge in [0.1, 0.15) is 5.75 Å². The molecule has 25 heavy (non-hydrogen) atoms. The number of esters is 1. The minimum atomic E-state index is -3.78. The number of rotatable bonds is 6. The van der Waals surface area contributed by atoms with E-state index in [0.29, 0.717) is 27.0 Å². The molecule has 0 saturated heterocycles. The lowest BCUT2D eigenvalue weighted by Gasteiger charge is -2.13. The molecular weight excluding hydrogens is 410 g/mol. The van der Waals surface area contributed by atoms with Crippen LogP contribution in [0.4, 0.5) is 5.69 Å². The van der Waals surface area contributed by atoms with Gasteiger partial charge in [-0.25, -0.2) is 13.2 Å². The number of methoxy groups -OCH3 is 1. The molecule has 0 aromatic heterocycles. The topological polar surface area (TPSA) is 81.7 Å². The SMILES string of the molecule is CCOC(=O)c1ccc(NS(=O)(=O)c2ccc(OC)c(Br)c2)c(C)c1. The summed E-state index contributed by atoms with van der Waals surface area (Å²) in [6.07, 6.45) is 0. The number of anilines is 1.